The summed E-state index contributed by atoms with van der Waals surface area (Å²) < 4.78 is 12.2. The average molecular weight is 1560 g/mol. The molecule has 93 heavy (non-hydrogen) atoms. The number of fused-ring (bicyclic) bond motifs is 8. The molecule has 15 nitrogen and oxygen atoms in total. The summed E-state index contributed by atoms with van der Waals surface area (Å²) in [5.41, 5.74) is 15.7. The van der Waals surface area contributed by atoms with E-state index in [9.17, 15) is 14.6 Å². The van der Waals surface area contributed by atoms with E-state index in [-0.39, 0.29) is 86.5 Å². The average Bonchev–Trinajstić information content (AvgIpc) is 0.809. The van der Waals surface area contributed by atoms with Crippen LogP contribution in [0.1, 0.15) is 107 Å². The van der Waals surface area contributed by atoms with Gasteiger partial charge in [-0.25, -0.2) is 0 Å². The second kappa shape index (κ2) is 39.1. The molecule has 2 heterocycles. The van der Waals surface area contributed by atoms with E-state index >= 15 is 0 Å². The van der Waals surface area contributed by atoms with Crippen LogP contribution in [0.5, 0.6) is 0 Å². The molecule has 0 spiro atoms. The van der Waals surface area contributed by atoms with Gasteiger partial charge >= 0.3 is 564 Å². The SMILES string of the molecule is CCN(CC)c1ccc(N=O)c([Se][Se]c2cc(N(CC)CC)ccc2N=O)c1.CC[N+](CC)=c1ccc2nc3c(cc(NCCCCCC(=O)O)c4ccccc43)[se]c-2c1.CC[N+](CC)=c1ccc2nc3c(cc(NCCCCCCN)c4ccccc43)[se]c-2c1.[Cl-].[Cl-]. The number of hydrogen-bond acceptors (Lipinski definition) is 12. The normalized spacial score (nSPS) is 10.9. The number of nitrogens with one attached hydrogen (secondary N) is 2. The van der Waals surface area contributed by atoms with E-state index in [2.05, 4.69) is 205 Å². The van der Waals surface area contributed by atoms with Crippen LogP contribution >= 0.6 is 0 Å². The van der Waals surface area contributed by atoms with E-state index in [1.54, 1.807) is 12.1 Å². The Labute approximate surface area is 584 Å². The van der Waals surface area contributed by atoms with Crippen LogP contribution < -0.4 is 79.8 Å². The summed E-state index contributed by atoms with van der Waals surface area (Å²) in [6.45, 7) is 27.6. The molecular weight excluding hydrogens is 1470 g/mol. The van der Waals surface area contributed by atoms with Crippen molar-refractivity contribution in [1.29, 1.82) is 0 Å². The molecule has 0 amide bonds. The third kappa shape index (κ3) is 20.0. The molecular formula is C72H89Cl2N11O4Se4. The fourth-order valence-corrected chi connectivity index (χ4v) is 22.6. The Balaban J connectivity index is 0.000000220. The second-order valence-corrected chi connectivity index (χ2v) is 32.7. The van der Waals surface area contributed by atoms with Crippen LogP contribution in [0.25, 0.3) is 61.4 Å². The minimum atomic E-state index is -0.714. The summed E-state index contributed by atoms with van der Waals surface area (Å²) in [7, 11) is 0. The van der Waals surface area contributed by atoms with Crippen molar-refractivity contribution in [3.05, 3.63) is 154 Å². The number of aliphatic carboxylic acids is 1. The van der Waals surface area contributed by atoms with Crippen LogP contribution in [0.15, 0.2) is 144 Å². The standard InChI is InChI=1S/C26H32N4Se.C26H29N3O2Se.C20H26N4O2Se2.2ClH/c1-3-30(4-2)19-13-14-22-24(17-19)31-25-18-23(28-16-10-6-5-9-15-27)20-11-7-8-12-21(20)26(25)29-22;1-3-29(4-2)18-13-14-21-23(16-18)32-24-17-22(27-15-9-5-6-12-25(30)31)19-10-7-8-11-20(19)26(24)28-21;1-5-23(6-2)15-9-11-17(21-25)19(13-15)27-28-20-14-16(24(7-3)8-4)10-12-18(20)22-26;;/h7-8,11-14,17-18H,3-6,9-10,15-16,27H2,1-2H3;7-8,10-11,13-14,16-17H,3-6,9,12,15H2,1-2H3,(H,30,31);9-14H,5-8H2,1-4H3;2*1H. The first-order chi connectivity index (χ1) is 44.5. The van der Waals surface area contributed by atoms with Crippen molar-refractivity contribution in [2.24, 2.45) is 16.1 Å². The van der Waals surface area contributed by atoms with E-state index in [1.165, 1.54) is 74.6 Å². The molecule has 494 valence electrons. The molecule has 0 atom stereocenters. The topological polar surface area (TPSA) is 185 Å². The zero-order chi connectivity index (χ0) is 64.7. The first-order valence-corrected chi connectivity index (χ1v) is 41.8. The minimum absolute atomic E-state index is 0. The number of rotatable bonds is 29. The van der Waals surface area contributed by atoms with Gasteiger partial charge in [0.2, 0.25) is 0 Å². The summed E-state index contributed by atoms with van der Waals surface area (Å²) in [4.78, 5) is 48.0. The minimum Gasteiger partial charge on any atom is -1.00 e. The number of nitrogens with two attached hydrogens (primary N) is 1. The third-order valence-electron chi connectivity index (χ3n) is 16.4. The number of carboxylic acids is 1. The van der Waals surface area contributed by atoms with Crippen LogP contribution in [0.3, 0.4) is 0 Å². The third-order valence-corrected chi connectivity index (χ3v) is 28.0. The molecule has 21 heteroatoms. The van der Waals surface area contributed by atoms with Gasteiger partial charge in [-0.2, -0.15) is 0 Å². The van der Waals surface area contributed by atoms with Gasteiger partial charge in [-0.3, -0.25) is 0 Å². The number of carboxylic acid groups (broad SMARTS) is 1. The van der Waals surface area contributed by atoms with E-state index in [0.717, 1.165) is 146 Å². The van der Waals surface area contributed by atoms with Crippen molar-refractivity contribution in [3.8, 4) is 20.3 Å². The molecule has 0 bridgehead atoms. The first kappa shape index (κ1) is 76.0. The van der Waals surface area contributed by atoms with Gasteiger partial charge < -0.3 is 24.8 Å². The van der Waals surface area contributed by atoms with E-state index in [1.807, 2.05) is 12.1 Å². The summed E-state index contributed by atoms with van der Waals surface area (Å²) in [5.74, 6) is -0.714. The molecule has 0 saturated heterocycles. The number of carbonyl (C=O) groups is 1. The molecule has 6 aromatic carbocycles. The molecule has 5 N–H and O–H groups in total. The first-order valence-electron chi connectivity index (χ1n) is 32.3. The summed E-state index contributed by atoms with van der Waals surface area (Å²) in [6.07, 6.45) is 7.62. The number of halogens is 2. The van der Waals surface area contributed by atoms with Crippen molar-refractivity contribution in [2.45, 2.75) is 107 Å². The van der Waals surface area contributed by atoms with Crippen LogP contribution in [0.2, 0.25) is 0 Å². The van der Waals surface area contributed by atoms with E-state index in [4.69, 9.17) is 20.8 Å². The van der Waals surface area contributed by atoms with E-state index in [0.29, 0.717) is 11.4 Å². The van der Waals surface area contributed by atoms with Crippen molar-refractivity contribution >= 4 is 145 Å². The van der Waals surface area contributed by atoms with Crippen molar-refractivity contribution < 1.29 is 34.7 Å². The number of benzene rings is 8. The van der Waals surface area contributed by atoms with E-state index < -0.39 is 5.97 Å². The predicted molar refractivity (Wildman–Crippen MR) is 391 cm³/mol. The number of aromatic nitrogens is 2. The Morgan fingerprint density at radius 1 is 0.516 bits per heavy atom. The summed E-state index contributed by atoms with van der Waals surface area (Å²) in [6, 6.07) is 46.9. The number of anilines is 4. The van der Waals surface area contributed by atoms with Gasteiger partial charge in [-0.15, -0.1) is 0 Å². The number of nitrogens with zero attached hydrogens (tertiary/aromatic N) is 8. The molecule has 0 unspecified atom stereocenters. The van der Waals surface area contributed by atoms with Crippen molar-refractivity contribution in [3.63, 3.8) is 0 Å². The number of unbranched alkanes of at least 4 members (excludes halogenated alkanes) is 5. The second-order valence-electron chi connectivity index (χ2n) is 22.0. The molecule has 4 aliphatic rings. The monoisotopic (exact) mass is 1560 g/mol. The van der Waals surface area contributed by atoms with Gasteiger partial charge in [0.1, 0.15) is 0 Å². The smallest absolute Gasteiger partial charge is 1.00 e. The maximum absolute atomic E-state index is 11.3. The molecule has 0 aromatic heterocycles. The quantitative estimate of drug-likeness (QED) is 0.0105. The van der Waals surface area contributed by atoms with Gasteiger partial charge in [0, 0.05) is 0 Å². The van der Waals surface area contributed by atoms with Gasteiger partial charge in [-0.1, -0.05) is 0 Å². The van der Waals surface area contributed by atoms with Gasteiger partial charge in [0.25, 0.3) is 0 Å². The van der Waals surface area contributed by atoms with Crippen molar-refractivity contribution in [2.75, 3.05) is 92.4 Å². The molecule has 0 radical (unpaired) electrons. The van der Waals surface area contributed by atoms with Gasteiger partial charge in [0.15, 0.2) is 0 Å². The fraction of sp³-hybridized carbons (Fsp3) is 0.375. The Kier molecular flexibility index (Phi) is 32.0. The van der Waals surface area contributed by atoms with Crippen LogP contribution in [-0.2, 0) is 4.79 Å². The molecule has 6 aromatic rings. The molecule has 0 saturated carbocycles. The van der Waals surface area contributed by atoms with Crippen LogP contribution in [0.4, 0.5) is 34.1 Å². The molecule has 0 fully saturated rings. The van der Waals surface area contributed by atoms with Crippen LogP contribution in [-0.4, -0.2) is 148 Å². The molecule has 2 aliphatic heterocycles. The molecule has 10 rings (SSSR count). The fourth-order valence-electron chi connectivity index (χ4n) is 11.3. The summed E-state index contributed by atoms with van der Waals surface area (Å²) >= 11 is 0.496. The Morgan fingerprint density at radius 2 is 0.914 bits per heavy atom. The van der Waals surface area contributed by atoms with Crippen LogP contribution in [0, 0.1) is 9.81 Å². The largest absolute Gasteiger partial charge is 1.00 e. The van der Waals surface area contributed by atoms with Gasteiger partial charge in [0.05, 0.1) is 0 Å². The zero-order valence-corrected chi connectivity index (χ0v) is 63.2. The van der Waals surface area contributed by atoms with Gasteiger partial charge in [-0.05, 0) is 0 Å². The number of hydrogen-bond donors (Lipinski definition) is 4. The maximum atomic E-state index is 11.3. The maximum Gasteiger partial charge on any atom is -1.00 e. The number of nitroso groups, excluding NO2 is 2. The summed E-state index contributed by atoms with van der Waals surface area (Å²) in [5, 5.41) is 30.0. The Hall–Kier alpha value is -6.03. The molecule has 2 aliphatic carbocycles. The Bertz CT molecular complexity index is 4080. The predicted octanol–water partition coefficient (Wildman–Crippen LogP) is 6.17. The zero-order valence-electron chi connectivity index (χ0n) is 54.9. The van der Waals surface area contributed by atoms with Crippen molar-refractivity contribution in [1.82, 2.24) is 19.1 Å². The Morgan fingerprint density at radius 3 is 1.29 bits per heavy atom.